The second-order valence-corrected chi connectivity index (χ2v) is 8.13. The van der Waals surface area contributed by atoms with Gasteiger partial charge in [-0.15, -0.1) is 0 Å². The molecule has 0 aliphatic rings. The minimum atomic E-state index is -1.16. The molecule has 0 unspecified atom stereocenters. The van der Waals surface area contributed by atoms with Crippen molar-refractivity contribution in [2.45, 2.75) is 59.0 Å². The van der Waals surface area contributed by atoms with Gasteiger partial charge in [-0.3, -0.25) is 4.79 Å². The molecule has 0 aromatic heterocycles. The number of unbranched alkanes of at least 4 members (excludes halogenated alkanes) is 1. The van der Waals surface area contributed by atoms with Gasteiger partial charge in [-0.05, 0) is 56.6 Å². The number of carboxylic acids is 3. The van der Waals surface area contributed by atoms with Crippen molar-refractivity contribution in [1.82, 2.24) is 0 Å². The van der Waals surface area contributed by atoms with Crippen LogP contribution in [0.25, 0.3) is 0 Å². The topological polar surface area (TPSA) is 121 Å². The standard InChI is InChI=1S/C28H38O7/c1-21(15-18-24(19-26(29)30)20-27(31)32)13-11-9-7-5-6-8-10-12-14-25(35-4)22(2)16-17-23(3)28(33)34/h6,8-12,15-19,21,25H,5,7,13-14,20H2,1-4H3,(H,29,30)(H,31,32)(H,33,34)/b8-6+,11-9+,12-10-,18-15+,22-16+,23-17-,24-19-/t21-,25+/m0/s1. The third kappa shape index (κ3) is 17.7. The molecule has 192 valence electrons. The van der Waals surface area contributed by atoms with Crippen molar-refractivity contribution >= 4 is 17.9 Å². The van der Waals surface area contributed by atoms with Gasteiger partial charge in [0.15, 0.2) is 0 Å². The van der Waals surface area contributed by atoms with Gasteiger partial charge in [0.2, 0.25) is 0 Å². The molecule has 0 bridgehead atoms. The van der Waals surface area contributed by atoms with E-state index >= 15 is 0 Å². The van der Waals surface area contributed by atoms with E-state index in [0.717, 1.165) is 30.9 Å². The zero-order valence-corrected chi connectivity index (χ0v) is 21.0. The van der Waals surface area contributed by atoms with Gasteiger partial charge in [-0.2, -0.15) is 0 Å². The lowest BCUT2D eigenvalue weighted by Crippen LogP contribution is -2.10. The maximum absolute atomic E-state index is 10.9. The summed E-state index contributed by atoms with van der Waals surface area (Å²) in [6.45, 7) is 5.44. The van der Waals surface area contributed by atoms with Gasteiger partial charge >= 0.3 is 17.9 Å². The predicted molar refractivity (Wildman–Crippen MR) is 138 cm³/mol. The molecule has 0 heterocycles. The fourth-order valence-electron chi connectivity index (χ4n) is 2.84. The minimum absolute atomic E-state index is 0.115. The SMILES string of the molecule is CO[C@H](C/C=C\C=C\CC/C=C/C[C@H](C)/C=C/C(=C/C(=O)O)CC(=O)O)/C(C)=C/C=C(/C)C(=O)O. The number of aliphatic carboxylic acids is 3. The van der Waals surface area contributed by atoms with Crippen LogP contribution in [0.5, 0.6) is 0 Å². The van der Waals surface area contributed by atoms with Gasteiger partial charge in [0.25, 0.3) is 0 Å². The van der Waals surface area contributed by atoms with Crippen LogP contribution in [0, 0.1) is 5.92 Å². The van der Waals surface area contributed by atoms with Crippen LogP contribution >= 0.6 is 0 Å². The van der Waals surface area contributed by atoms with Crippen LogP contribution in [0.4, 0.5) is 0 Å². The van der Waals surface area contributed by atoms with Gasteiger partial charge in [-0.25, -0.2) is 9.59 Å². The van der Waals surface area contributed by atoms with Crippen molar-refractivity contribution in [3.8, 4) is 0 Å². The van der Waals surface area contributed by atoms with Gasteiger partial charge in [0, 0.05) is 18.8 Å². The molecule has 0 fully saturated rings. The number of hydrogen-bond acceptors (Lipinski definition) is 4. The Labute approximate surface area is 208 Å². The molecule has 35 heavy (non-hydrogen) atoms. The van der Waals surface area contributed by atoms with E-state index in [1.54, 1.807) is 32.3 Å². The molecule has 0 saturated heterocycles. The van der Waals surface area contributed by atoms with E-state index in [0.29, 0.717) is 6.42 Å². The zero-order valence-electron chi connectivity index (χ0n) is 21.0. The fourth-order valence-corrected chi connectivity index (χ4v) is 2.84. The lowest BCUT2D eigenvalue weighted by molar-refractivity contribution is -0.136. The van der Waals surface area contributed by atoms with E-state index in [4.69, 9.17) is 20.1 Å². The molecule has 0 saturated carbocycles. The highest BCUT2D eigenvalue weighted by Crippen LogP contribution is 2.12. The summed E-state index contributed by atoms with van der Waals surface area (Å²) in [7, 11) is 1.63. The van der Waals surface area contributed by atoms with Crippen molar-refractivity contribution in [2.24, 2.45) is 5.92 Å². The molecule has 7 heteroatoms. The summed E-state index contributed by atoms with van der Waals surface area (Å²) in [5.41, 5.74) is 1.48. The molecule has 2 atom stereocenters. The van der Waals surface area contributed by atoms with E-state index in [1.807, 2.05) is 38.2 Å². The van der Waals surface area contributed by atoms with Crippen molar-refractivity contribution in [2.75, 3.05) is 7.11 Å². The molecule has 0 radical (unpaired) electrons. The Morgan fingerprint density at radius 3 is 2.14 bits per heavy atom. The van der Waals surface area contributed by atoms with Gasteiger partial charge in [-0.1, -0.05) is 67.7 Å². The Kier molecular flexibility index (Phi) is 17.1. The predicted octanol–water partition coefficient (Wildman–Crippen LogP) is 5.89. The van der Waals surface area contributed by atoms with E-state index in [-0.39, 0.29) is 29.6 Å². The van der Waals surface area contributed by atoms with Gasteiger partial charge in [0.05, 0.1) is 12.5 Å². The van der Waals surface area contributed by atoms with Crippen molar-refractivity contribution in [3.05, 3.63) is 83.6 Å². The zero-order chi connectivity index (χ0) is 26.6. The maximum Gasteiger partial charge on any atom is 0.331 e. The first-order valence-electron chi connectivity index (χ1n) is 11.5. The minimum Gasteiger partial charge on any atom is -0.481 e. The number of carboxylic acid groups (broad SMARTS) is 3. The first-order chi connectivity index (χ1) is 16.6. The fraction of sp³-hybridized carbons (Fsp3) is 0.393. The maximum atomic E-state index is 10.9. The van der Waals surface area contributed by atoms with Crippen LogP contribution in [0.1, 0.15) is 52.9 Å². The molecular formula is C28H38O7. The summed E-state index contributed by atoms with van der Waals surface area (Å²) in [5.74, 6) is -3.01. The first-order valence-corrected chi connectivity index (χ1v) is 11.5. The van der Waals surface area contributed by atoms with Crippen molar-refractivity contribution < 1.29 is 34.4 Å². The Morgan fingerprint density at radius 2 is 1.54 bits per heavy atom. The quantitative estimate of drug-likeness (QED) is 0.101. The molecule has 3 N–H and O–H groups in total. The molecule has 0 aliphatic heterocycles. The van der Waals surface area contributed by atoms with Crippen LogP contribution in [0.15, 0.2) is 83.6 Å². The number of rotatable bonds is 17. The number of carbonyl (C=O) groups is 3. The van der Waals surface area contributed by atoms with E-state index in [2.05, 4.69) is 18.2 Å². The number of hydrogen-bond donors (Lipinski definition) is 3. The molecule has 0 aliphatic carbocycles. The van der Waals surface area contributed by atoms with Crippen LogP contribution < -0.4 is 0 Å². The number of ether oxygens (including phenoxy) is 1. The highest BCUT2D eigenvalue weighted by atomic mass is 16.5. The molecule has 0 aromatic carbocycles. The molecule has 0 amide bonds. The summed E-state index contributed by atoms with van der Waals surface area (Å²) in [6, 6.07) is 0. The normalized spacial score (nSPS) is 15.5. The van der Waals surface area contributed by atoms with Gasteiger partial charge < -0.3 is 20.1 Å². The first kappa shape index (κ1) is 31.6. The smallest absolute Gasteiger partial charge is 0.331 e. The van der Waals surface area contributed by atoms with Crippen molar-refractivity contribution in [3.63, 3.8) is 0 Å². The van der Waals surface area contributed by atoms with E-state index in [1.165, 1.54) is 0 Å². The molecular weight excluding hydrogens is 448 g/mol. The van der Waals surface area contributed by atoms with Crippen LogP contribution in [-0.2, 0) is 19.1 Å². The van der Waals surface area contributed by atoms with E-state index in [9.17, 15) is 14.4 Å². The summed E-state index contributed by atoms with van der Waals surface area (Å²) < 4.78 is 5.47. The molecule has 0 rings (SSSR count). The summed E-state index contributed by atoms with van der Waals surface area (Å²) in [4.78, 5) is 32.4. The third-order valence-corrected chi connectivity index (χ3v) is 4.94. The Bertz CT molecular complexity index is 898. The second-order valence-electron chi connectivity index (χ2n) is 8.13. The Balaban J connectivity index is 4.41. The monoisotopic (exact) mass is 486 g/mol. The Morgan fingerprint density at radius 1 is 0.886 bits per heavy atom. The largest absolute Gasteiger partial charge is 0.481 e. The number of allylic oxidation sites excluding steroid dienone is 9. The lowest BCUT2D eigenvalue weighted by Gasteiger charge is -2.13. The average molecular weight is 487 g/mol. The highest BCUT2D eigenvalue weighted by Gasteiger charge is 2.07. The molecule has 0 aromatic rings. The Hall–Kier alpha value is -3.45. The summed E-state index contributed by atoms with van der Waals surface area (Å²) in [5, 5.41) is 26.6. The summed E-state index contributed by atoms with van der Waals surface area (Å²) >= 11 is 0. The summed E-state index contributed by atoms with van der Waals surface area (Å²) in [6.07, 6.45) is 22.6. The van der Waals surface area contributed by atoms with E-state index < -0.39 is 17.9 Å². The van der Waals surface area contributed by atoms with Crippen LogP contribution in [0.3, 0.4) is 0 Å². The van der Waals surface area contributed by atoms with Crippen molar-refractivity contribution in [1.29, 1.82) is 0 Å². The van der Waals surface area contributed by atoms with Gasteiger partial charge in [0.1, 0.15) is 0 Å². The second kappa shape index (κ2) is 18.9. The van der Waals surface area contributed by atoms with Crippen LogP contribution in [0.2, 0.25) is 0 Å². The number of methoxy groups -OCH3 is 1. The average Bonchev–Trinajstić information content (AvgIpc) is 2.78. The third-order valence-electron chi connectivity index (χ3n) is 4.94. The highest BCUT2D eigenvalue weighted by molar-refractivity contribution is 5.86. The lowest BCUT2D eigenvalue weighted by atomic mass is 10.0. The van der Waals surface area contributed by atoms with Crippen LogP contribution in [-0.4, -0.2) is 46.4 Å². The molecule has 7 nitrogen and oxygen atoms in total. The molecule has 0 spiro atoms.